The van der Waals surface area contributed by atoms with Crippen LogP contribution >= 0.6 is 0 Å². The van der Waals surface area contributed by atoms with Gasteiger partial charge in [-0.25, -0.2) is 0 Å². The quantitative estimate of drug-likeness (QED) is 0.745. The molecule has 0 N–H and O–H groups in total. The standard InChI is InChI=1S/C8H8F3NO2/c1-5-7(13-2)3-6(4-12-5)14-8(9,10)11/h3-4H,1-2H3. The Hall–Kier alpha value is -1.46. The molecule has 14 heavy (non-hydrogen) atoms. The number of hydrogen-bond donors (Lipinski definition) is 0. The summed E-state index contributed by atoms with van der Waals surface area (Å²) in [6.07, 6.45) is -3.71. The molecule has 0 amide bonds. The summed E-state index contributed by atoms with van der Waals surface area (Å²) in [4.78, 5) is 3.68. The van der Waals surface area contributed by atoms with Crippen LogP contribution in [0.1, 0.15) is 5.69 Å². The second kappa shape index (κ2) is 3.73. The molecule has 0 unspecified atom stereocenters. The van der Waals surface area contributed by atoms with Crippen LogP contribution in [0.2, 0.25) is 0 Å². The van der Waals surface area contributed by atoms with Crippen LogP contribution in [0.15, 0.2) is 12.3 Å². The highest BCUT2D eigenvalue weighted by Crippen LogP contribution is 2.26. The zero-order chi connectivity index (χ0) is 10.8. The second-order valence-electron chi connectivity index (χ2n) is 2.51. The molecule has 78 valence electrons. The van der Waals surface area contributed by atoms with E-state index in [1.165, 1.54) is 7.11 Å². The number of hydrogen-bond acceptors (Lipinski definition) is 3. The number of aryl methyl sites for hydroxylation is 1. The van der Waals surface area contributed by atoms with Crippen LogP contribution in [0.5, 0.6) is 11.5 Å². The minimum atomic E-state index is -4.71. The van der Waals surface area contributed by atoms with Crippen LogP contribution in [0.4, 0.5) is 13.2 Å². The monoisotopic (exact) mass is 207 g/mol. The second-order valence-corrected chi connectivity index (χ2v) is 2.51. The van der Waals surface area contributed by atoms with E-state index in [1.807, 2.05) is 0 Å². The summed E-state index contributed by atoms with van der Waals surface area (Å²) in [5, 5.41) is 0. The third kappa shape index (κ3) is 2.79. The molecule has 1 heterocycles. The van der Waals surface area contributed by atoms with Gasteiger partial charge in [0, 0.05) is 6.07 Å². The van der Waals surface area contributed by atoms with Gasteiger partial charge in [0.2, 0.25) is 0 Å². The normalized spacial score (nSPS) is 11.2. The van der Waals surface area contributed by atoms with E-state index in [1.54, 1.807) is 6.92 Å². The van der Waals surface area contributed by atoms with E-state index < -0.39 is 6.36 Å². The van der Waals surface area contributed by atoms with Gasteiger partial charge in [-0.2, -0.15) is 0 Å². The number of methoxy groups -OCH3 is 1. The number of pyridine rings is 1. The first kappa shape index (κ1) is 10.6. The van der Waals surface area contributed by atoms with Crippen molar-refractivity contribution in [3.63, 3.8) is 0 Å². The first-order chi connectivity index (χ1) is 6.42. The molecule has 1 rings (SSSR count). The summed E-state index contributed by atoms with van der Waals surface area (Å²) >= 11 is 0. The highest BCUT2D eigenvalue weighted by molar-refractivity contribution is 5.34. The molecule has 3 nitrogen and oxygen atoms in total. The summed E-state index contributed by atoms with van der Waals surface area (Å²) in [6, 6.07) is 1.13. The Kier molecular flexibility index (Phi) is 2.83. The Morgan fingerprint density at radius 2 is 2.00 bits per heavy atom. The fourth-order valence-corrected chi connectivity index (χ4v) is 0.891. The van der Waals surface area contributed by atoms with E-state index in [0.717, 1.165) is 12.3 Å². The fourth-order valence-electron chi connectivity index (χ4n) is 0.891. The number of aromatic nitrogens is 1. The number of nitrogens with zero attached hydrogens (tertiary/aromatic N) is 1. The van der Waals surface area contributed by atoms with Crippen molar-refractivity contribution in [2.75, 3.05) is 7.11 Å². The van der Waals surface area contributed by atoms with Gasteiger partial charge in [0.25, 0.3) is 0 Å². The maximum Gasteiger partial charge on any atom is 0.573 e. The third-order valence-electron chi connectivity index (χ3n) is 1.47. The highest BCUT2D eigenvalue weighted by Gasteiger charge is 2.31. The van der Waals surface area contributed by atoms with Crippen LogP contribution < -0.4 is 9.47 Å². The topological polar surface area (TPSA) is 31.4 Å². The molecule has 0 aliphatic rings. The Bertz CT molecular complexity index is 325. The molecule has 0 aliphatic heterocycles. The third-order valence-corrected chi connectivity index (χ3v) is 1.47. The van der Waals surface area contributed by atoms with E-state index in [0.29, 0.717) is 5.69 Å². The Labute approximate surface area is 78.5 Å². The molecule has 0 radical (unpaired) electrons. The van der Waals surface area contributed by atoms with E-state index in [-0.39, 0.29) is 11.5 Å². The van der Waals surface area contributed by atoms with Crippen molar-refractivity contribution in [1.82, 2.24) is 4.98 Å². The van der Waals surface area contributed by atoms with Gasteiger partial charge in [-0.3, -0.25) is 4.98 Å². The predicted molar refractivity (Wildman–Crippen MR) is 42.2 cm³/mol. The van der Waals surface area contributed by atoms with Crippen molar-refractivity contribution < 1.29 is 22.6 Å². The maximum absolute atomic E-state index is 11.8. The molecular weight excluding hydrogens is 199 g/mol. The Balaban J connectivity index is 2.90. The first-order valence-electron chi connectivity index (χ1n) is 3.69. The lowest BCUT2D eigenvalue weighted by Gasteiger charge is -2.10. The van der Waals surface area contributed by atoms with E-state index in [4.69, 9.17) is 4.74 Å². The van der Waals surface area contributed by atoms with Crippen molar-refractivity contribution in [3.05, 3.63) is 18.0 Å². The van der Waals surface area contributed by atoms with Crippen LogP contribution in [0, 0.1) is 6.92 Å². The smallest absolute Gasteiger partial charge is 0.495 e. The number of halogens is 3. The number of rotatable bonds is 2. The fraction of sp³-hybridized carbons (Fsp3) is 0.375. The molecule has 0 fully saturated rings. The van der Waals surface area contributed by atoms with Gasteiger partial charge in [0.1, 0.15) is 5.75 Å². The summed E-state index contributed by atoms with van der Waals surface area (Å²) in [7, 11) is 1.35. The summed E-state index contributed by atoms with van der Waals surface area (Å²) < 4.78 is 43.8. The molecule has 0 saturated heterocycles. The molecule has 0 atom stereocenters. The molecule has 1 aromatic heterocycles. The van der Waals surface area contributed by atoms with Gasteiger partial charge in [0.05, 0.1) is 19.0 Å². The molecule has 6 heteroatoms. The van der Waals surface area contributed by atoms with Crippen molar-refractivity contribution in [2.45, 2.75) is 13.3 Å². The van der Waals surface area contributed by atoms with E-state index in [2.05, 4.69) is 9.72 Å². The highest BCUT2D eigenvalue weighted by atomic mass is 19.4. The van der Waals surface area contributed by atoms with Gasteiger partial charge in [0.15, 0.2) is 5.75 Å². The first-order valence-corrected chi connectivity index (χ1v) is 3.69. The van der Waals surface area contributed by atoms with Crippen molar-refractivity contribution in [1.29, 1.82) is 0 Å². The summed E-state index contributed by atoms with van der Waals surface area (Å²) in [5.74, 6) is -0.133. The van der Waals surface area contributed by atoms with E-state index >= 15 is 0 Å². The number of alkyl halides is 3. The van der Waals surface area contributed by atoms with Crippen LogP contribution in [0.25, 0.3) is 0 Å². The van der Waals surface area contributed by atoms with Gasteiger partial charge in [-0.05, 0) is 6.92 Å². The largest absolute Gasteiger partial charge is 0.573 e. The molecule has 0 saturated carbocycles. The van der Waals surface area contributed by atoms with Crippen LogP contribution in [-0.4, -0.2) is 18.5 Å². The lowest BCUT2D eigenvalue weighted by Crippen LogP contribution is -2.17. The van der Waals surface area contributed by atoms with E-state index in [9.17, 15) is 13.2 Å². The van der Waals surface area contributed by atoms with Gasteiger partial charge in [-0.15, -0.1) is 13.2 Å². The summed E-state index contributed by atoms with van der Waals surface area (Å²) in [6.45, 7) is 1.62. The van der Waals surface area contributed by atoms with Gasteiger partial charge >= 0.3 is 6.36 Å². The lowest BCUT2D eigenvalue weighted by atomic mass is 10.3. The molecule has 0 bridgehead atoms. The minimum absolute atomic E-state index is 0.256. The lowest BCUT2D eigenvalue weighted by molar-refractivity contribution is -0.274. The average molecular weight is 207 g/mol. The molecule has 0 aromatic carbocycles. The minimum Gasteiger partial charge on any atom is -0.495 e. The SMILES string of the molecule is COc1cc(OC(F)(F)F)cnc1C. The predicted octanol–water partition coefficient (Wildman–Crippen LogP) is 2.30. The van der Waals surface area contributed by atoms with Crippen molar-refractivity contribution in [2.24, 2.45) is 0 Å². The van der Waals surface area contributed by atoms with Gasteiger partial charge < -0.3 is 9.47 Å². The van der Waals surface area contributed by atoms with Crippen molar-refractivity contribution >= 4 is 0 Å². The molecule has 0 aliphatic carbocycles. The molecular formula is C8H8F3NO2. The Morgan fingerprint density at radius 1 is 1.36 bits per heavy atom. The average Bonchev–Trinajstić information content (AvgIpc) is 2.06. The Morgan fingerprint density at radius 3 is 2.50 bits per heavy atom. The van der Waals surface area contributed by atoms with Crippen LogP contribution in [0.3, 0.4) is 0 Å². The van der Waals surface area contributed by atoms with Crippen LogP contribution in [-0.2, 0) is 0 Å². The van der Waals surface area contributed by atoms with Crippen molar-refractivity contribution in [3.8, 4) is 11.5 Å². The zero-order valence-electron chi connectivity index (χ0n) is 7.55. The number of ether oxygens (including phenoxy) is 2. The zero-order valence-corrected chi connectivity index (χ0v) is 7.55. The molecule has 0 spiro atoms. The van der Waals surface area contributed by atoms with Gasteiger partial charge in [-0.1, -0.05) is 0 Å². The molecule has 1 aromatic rings. The maximum atomic E-state index is 11.8. The summed E-state index contributed by atoms with van der Waals surface area (Å²) in [5.41, 5.74) is 0.502.